The van der Waals surface area contributed by atoms with Gasteiger partial charge in [0, 0.05) is 67.3 Å². The number of likely N-dealkylation sites (N-methyl/N-ethyl adjacent to an activating group) is 4. The van der Waals surface area contributed by atoms with Crippen LogP contribution >= 0.6 is 23.5 Å². The Hall–Kier alpha value is -0.240. The highest BCUT2D eigenvalue weighted by Crippen LogP contribution is 2.22. The van der Waals surface area contributed by atoms with Gasteiger partial charge in [-0.2, -0.15) is 11.8 Å². The Labute approximate surface area is 221 Å². The number of nitrogens with zero attached hydrogens (tertiary/aromatic N) is 4. The van der Waals surface area contributed by atoms with Crippen LogP contribution in [0.15, 0.2) is 35.2 Å². The zero-order chi connectivity index (χ0) is 25.4. The molecule has 1 aliphatic rings. The van der Waals surface area contributed by atoms with Gasteiger partial charge < -0.3 is 19.6 Å². The summed E-state index contributed by atoms with van der Waals surface area (Å²) in [5.74, 6) is 2.41. The molecule has 0 aromatic heterocycles. The van der Waals surface area contributed by atoms with E-state index in [1.807, 2.05) is 23.5 Å². The normalized spacial score (nSPS) is 14.9. The molecule has 0 amide bonds. The first-order valence-electron chi connectivity index (χ1n) is 13.1. The van der Waals surface area contributed by atoms with Gasteiger partial charge in [-0.05, 0) is 80.2 Å². The third-order valence-electron chi connectivity index (χ3n) is 6.91. The molecular formula is C28H54N4S2. The molecule has 0 heterocycles. The average Bonchev–Trinajstić information content (AvgIpc) is 3.35. The molecule has 1 aromatic rings. The van der Waals surface area contributed by atoms with Crippen molar-refractivity contribution in [2.24, 2.45) is 0 Å². The summed E-state index contributed by atoms with van der Waals surface area (Å²) in [6.07, 6.45) is 7.91. The second-order valence-corrected chi connectivity index (χ2v) is 12.9. The second-order valence-electron chi connectivity index (χ2n) is 10.8. The molecule has 0 spiro atoms. The summed E-state index contributed by atoms with van der Waals surface area (Å²) in [5.41, 5.74) is 0.264. The first kappa shape index (κ1) is 31.8. The standard InChI is InChI=1S/C16H28N2S.C12H26N2S/c1-16(2,3)18(5)12-11-17(4)13-14-19-15-9-7-6-8-10-15;1-13(10-11-15-3)8-9-14(2)12-6-4-5-7-12/h6-10H,11-14H2,1-5H3;12H,4-11H2,1-3H3. The van der Waals surface area contributed by atoms with Gasteiger partial charge in [0.2, 0.25) is 0 Å². The number of hydrogen-bond acceptors (Lipinski definition) is 6. The lowest BCUT2D eigenvalue weighted by molar-refractivity contribution is 0.156. The van der Waals surface area contributed by atoms with Crippen LogP contribution in [0.3, 0.4) is 0 Å². The minimum absolute atomic E-state index is 0.264. The van der Waals surface area contributed by atoms with Crippen LogP contribution in [0.5, 0.6) is 0 Å². The van der Waals surface area contributed by atoms with E-state index in [2.05, 4.69) is 105 Å². The molecule has 2 rings (SSSR count). The Bertz CT molecular complexity index is 602. The maximum Gasteiger partial charge on any atom is 0.0122 e. The number of hydrogen-bond donors (Lipinski definition) is 0. The molecule has 1 aliphatic carbocycles. The highest BCUT2D eigenvalue weighted by Gasteiger charge is 2.19. The van der Waals surface area contributed by atoms with E-state index in [0.29, 0.717) is 0 Å². The molecule has 0 N–H and O–H groups in total. The summed E-state index contributed by atoms with van der Waals surface area (Å²) in [5, 5.41) is 0. The predicted molar refractivity (Wildman–Crippen MR) is 158 cm³/mol. The molecule has 1 saturated carbocycles. The number of thioether (sulfide) groups is 2. The molecule has 0 aliphatic heterocycles. The molecule has 0 radical (unpaired) electrons. The monoisotopic (exact) mass is 510 g/mol. The fourth-order valence-electron chi connectivity index (χ4n) is 3.82. The fourth-order valence-corrected chi connectivity index (χ4v) is 5.30. The molecular weight excluding hydrogens is 456 g/mol. The van der Waals surface area contributed by atoms with E-state index in [9.17, 15) is 0 Å². The van der Waals surface area contributed by atoms with Crippen LogP contribution in [0.4, 0.5) is 0 Å². The van der Waals surface area contributed by atoms with Gasteiger partial charge >= 0.3 is 0 Å². The molecule has 4 nitrogen and oxygen atoms in total. The Balaban J connectivity index is 0.000000350. The summed E-state index contributed by atoms with van der Waals surface area (Å²) >= 11 is 3.87. The molecule has 0 atom stereocenters. The van der Waals surface area contributed by atoms with Gasteiger partial charge in [0.15, 0.2) is 0 Å². The third kappa shape index (κ3) is 15.0. The second kappa shape index (κ2) is 18.1. The van der Waals surface area contributed by atoms with Gasteiger partial charge in [0.05, 0.1) is 0 Å². The quantitative estimate of drug-likeness (QED) is 0.300. The SMILES string of the molecule is CN(CCSc1ccccc1)CCN(C)C(C)(C)C.CSCCN(C)CCN(C)C1CCCC1. The lowest BCUT2D eigenvalue weighted by atomic mass is 10.1. The predicted octanol–water partition coefficient (Wildman–Crippen LogP) is 5.60. The molecule has 1 aromatic carbocycles. The van der Waals surface area contributed by atoms with Crippen molar-refractivity contribution in [1.82, 2.24) is 19.6 Å². The van der Waals surface area contributed by atoms with Crippen LogP contribution in [0.2, 0.25) is 0 Å². The summed E-state index contributed by atoms with van der Waals surface area (Å²) in [6.45, 7) is 13.8. The molecule has 0 bridgehead atoms. The maximum absolute atomic E-state index is 2.56. The molecule has 34 heavy (non-hydrogen) atoms. The Morgan fingerprint density at radius 1 is 0.765 bits per heavy atom. The van der Waals surface area contributed by atoms with Crippen LogP contribution < -0.4 is 0 Å². The molecule has 198 valence electrons. The smallest absolute Gasteiger partial charge is 0.0122 e. The van der Waals surface area contributed by atoms with Gasteiger partial charge in [0.1, 0.15) is 0 Å². The van der Waals surface area contributed by atoms with E-state index in [1.54, 1.807) is 0 Å². The number of benzene rings is 1. The lowest BCUT2D eigenvalue weighted by Crippen LogP contribution is -2.42. The Morgan fingerprint density at radius 3 is 1.88 bits per heavy atom. The first-order valence-corrected chi connectivity index (χ1v) is 15.5. The van der Waals surface area contributed by atoms with Crippen LogP contribution in [-0.4, -0.2) is 116 Å². The van der Waals surface area contributed by atoms with Gasteiger partial charge in [-0.25, -0.2) is 0 Å². The number of rotatable bonds is 14. The van der Waals surface area contributed by atoms with Gasteiger partial charge in [-0.15, -0.1) is 11.8 Å². The Morgan fingerprint density at radius 2 is 1.32 bits per heavy atom. The molecule has 0 unspecified atom stereocenters. The van der Waals surface area contributed by atoms with Crippen molar-refractivity contribution in [2.75, 3.05) is 85.2 Å². The highest BCUT2D eigenvalue weighted by atomic mass is 32.2. The first-order chi connectivity index (χ1) is 16.1. The van der Waals surface area contributed by atoms with E-state index < -0.39 is 0 Å². The van der Waals surface area contributed by atoms with Crippen molar-refractivity contribution in [1.29, 1.82) is 0 Å². The zero-order valence-corrected chi connectivity index (χ0v) is 25.2. The van der Waals surface area contributed by atoms with Gasteiger partial charge in [-0.3, -0.25) is 0 Å². The van der Waals surface area contributed by atoms with Crippen molar-refractivity contribution >= 4 is 23.5 Å². The van der Waals surface area contributed by atoms with Crippen molar-refractivity contribution in [2.45, 2.75) is 62.9 Å². The van der Waals surface area contributed by atoms with Crippen molar-refractivity contribution in [3.05, 3.63) is 30.3 Å². The minimum atomic E-state index is 0.264. The minimum Gasteiger partial charge on any atom is -0.304 e. The summed E-state index contributed by atoms with van der Waals surface area (Å²) in [7, 11) is 8.94. The van der Waals surface area contributed by atoms with Crippen LogP contribution in [0, 0.1) is 0 Å². The third-order valence-corrected chi connectivity index (χ3v) is 8.49. The average molecular weight is 511 g/mol. The highest BCUT2D eigenvalue weighted by molar-refractivity contribution is 7.99. The van der Waals surface area contributed by atoms with E-state index in [1.165, 1.54) is 56.0 Å². The van der Waals surface area contributed by atoms with E-state index >= 15 is 0 Å². The van der Waals surface area contributed by atoms with Crippen LogP contribution in [0.1, 0.15) is 46.5 Å². The Kier molecular flexibility index (Phi) is 16.9. The van der Waals surface area contributed by atoms with Crippen LogP contribution in [-0.2, 0) is 0 Å². The van der Waals surface area contributed by atoms with Crippen LogP contribution in [0.25, 0.3) is 0 Å². The topological polar surface area (TPSA) is 13.0 Å². The van der Waals surface area contributed by atoms with E-state index in [0.717, 1.165) is 31.4 Å². The summed E-state index contributed by atoms with van der Waals surface area (Å²) in [4.78, 5) is 11.2. The van der Waals surface area contributed by atoms with E-state index in [4.69, 9.17) is 0 Å². The largest absolute Gasteiger partial charge is 0.304 e. The zero-order valence-electron chi connectivity index (χ0n) is 23.6. The van der Waals surface area contributed by atoms with E-state index in [-0.39, 0.29) is 5.54 Å². The maximum atomic E-state index is 2.56. The fraction of sp³-hybridized carbons (Fsp3) is 0.786. The van der Waals surface area contributed by atoms with Gasteiger partial charge in [0.25, 0.3) is 0 Å². The summed E-state index contributed by atoms with van der Waals surface area (Å²) < 4.78 is 0. The molecule has 0 saturated heterocycles. The van der Waals surface area contributed by atoms with Gasteiger partial charge in [-0.1, -0.05) is 31.0 Å². The van der Waals surface area contributed by atoms with Crippen molar-refractivity contribution < 1.29 is 0 Å². The molecule has 1 fully saturated rings. The lowest BCUT2D eigenvalue weighted by Gasteiger charge is -2.33. The van der Waals surface area contributed by atoms with Crippen molar-refractivity contribution in [3.63, 3.8) is 0 Å². The molecule has 6 heteroatoms. The van der Waals surface area contributed by atoms with Crippen molar-refractivity contribution in [3.8, 4) is 0 Å². The summed E-state index contributed by atoms with van der Waals surface area (Å²) in [6, 6.07) is 11.5.